The highest BCUT2D eigenvalue weighted by molar-refractivity contribution is 8.00. The fraction of sp³-hybridized carbons (Fsp3) is 0.467. The molecule has 20 heavy (non-hydrogen) atoms. The lowest BCUT2D eigenvalue weighted by molar-refractivity contribution is 0.508. The molecule has 1 saturated carbocycles. The summed E-state index contributed by atoms with van der Waals surface area (Å²) in [4.78, 5) is 0. The summed E-state index contributed by atoms with van der Waals surface area (Å²) in [6.45, 7) is 0.893. The summed E-state index contributed by atoms with van der Waals surface area (Å²) in [6.07, 6.45) is 7.31. The van der Waals surface area contributed by atoms with Gasteiger partial charge in [-0.1, -0.05) is 43.2 Å². The van der Waals surface area contributed by atoms with Crippen molar-refractivity contribution in [2.24, 2.45) is 0 Å². The van der Waals surface area contributed by atoms with Crippen molar-refractivity contribution in [1.82, 2.24) is 14.8 Å². The van der Waals surface area contributed by atoms with Gasteiger partial charge in [0.25, 0.3) is 0 Å². The molecule has 0 aliphatic heterocycles. The number of benzene rings is 1. The van der Waals surface area contributed by atoms with Crippen LogP contribution in [0.25, 0.3) is 11.4 Å². The number of aromatic nitrogens is 3. The first kappa shape index (κ1) is 14.0. The SMILES string of the molecule is CSC1(Cn2c(Cl)nnc2-c2ccccc2)CCCC1. The first-order chi connectivity index (χ1) is 9.74. The first-order valence-corrected chi connectivity index (χ1v) is 8.54. The molecule has 3 rings (SSSR count). The molecule has 2 aromatic rings. The molecule has 0 N–H and O–H groups in total. The van der Waals surface area contributed by atoms with Crippen LogP contribution in [0, 0.1) is 0 Å². The Morgan fingerprint density at radius 1 is 1.20 bits per heavy atom. The van der Waals surface area contributed by atoms with Crippen molar-refractivity contribution >= 4 is 23.4 Å². The van der Waals surface area contributed by atoms with Crippen LogP contribution in [0.1, 0.15) is 25.7 Å². The quantitative estimate of drug-likeness (QED) is 0.845. The van der Waals surface area contributed by atoms with Crippen molar-refractivity contribution < 1.29 is 0 Å². The zero-order valence-corrected chi connectivity index (χ0v) is 13.1. The molecule has 0 amide bonds. The van der Waals surface area contributed by atoms with Crippen LogP contribution in [0.4, 0.5) is 0 Å². The Bertz CT molecular complexity index is 576. The predicted octanol–water partition coefficient (Wildman–Crippen LogP) is 4.27. The van der Waals surface area contributed by atoms with Gasteiger partial charge in [-0.3, -0.25) is 4.57 Å². The summed E-state index contributed by atoms with van der Waals surface area (Å²) in [7, 11) is 0. The molecule has 0 spiro atoms. The number of hydrogen-bond donors (Lipinski definition) is 0. The summed E-state index contributed by atoms with van der Waals surface area (Å²) in [5.41, 5.74) is 1.07. The summed E-state index contributed by atoms with van der Waals surface area (Å²) >= 11 is 8.23. The van der Waals surface area contributed by atoms with Gasteiger partial charge in [-0.05, 0) is 30.7 Å². The van der Waals surface area contributed by atoms with Crippen LogP contribution in [-0.4, -0.2) is 25.8 Å². The molecule has 0 radical (unpaired) electrons. The third-order valence-corrected chi connectivity index (χ3v) is 5.81. The van der Waals surface area contributed by atoms with Crippen LogP contribution in [0.3, 0.4) is 0 Å². The van der Waals surface area contributed by atoms with Crippen LogP contribution >= 0.6 is 23.4 Å². The molecule has 0 unspecified atom stereocenters. The van der Waals surface area contributed by atoms with Gasteiger partial charge in [0, 0.05) is 16.9 Å². The van der Waals surface area contributed by atoms with Gasteiger partial charge in [0.2, 0.25) is 5.28 Å². The van der Waals surface area contributed by atoms with Gasteiger partial charge in [0.1, 0.15) is 0 Å². The molecule has 1 fully saturated rings. The highest BCUT2D eigenvalue weighted by Gasteiger charge is 2.34. The Morgan fingerprint density at radius 2 is 1.90 bits per heavy atom. The van der Waals surface area contributed by atoms with Crippen molar-refractivity contribution in [1.29, 1.82) is 0 Å². The van der Waals surface area contributed by atoms with E-state index >= 15 is 0 Å². The minimum Gasteiger partial charge on any atom is -0.296 e. The van der Waals surface area contributed by atoms with Gasteiger partial charge < -0.3 is 0 Å². The average Bonchev–Trinajstić information content (AvgIpc) is 3.09. The lowest BCUT2D eigenvalue weighted by Gasteiger charge is -2.27. The van der Waals surface area contributed by atoms with Gasteiger partial charge >= 0.3 is 0 Å². The van der Waals surface area contributed by atoms with Crippen molar-refractivity contribution in [3.63, 3.8) is 0 Å². The molecule has 1 aromatic heterocycles. The summed E-state index contributed by atoms with van der Waals surface area (Å²) in [5.74, 6) is 0.871. The second-order valence-corrected chi connectivity index (χ2v) is 6.95. The number of halogens is 1. The number of thioether (sulfide) groups is 1. The molecule has 1 heterocycles. The molecule has 0 bridgehead atoms. The smallest absolute Gasteiger partial charge is 0.225 e. The molecule has 0 atom stereocenters. The highest BCUT2D eigenvalue weighted by atomic mass is 35.5. The molecular formula is C15H18ClN3S. The van der Waals surface area contributed by atoms with E-state index in [9.17, 15) is 0 Å². The molecule has 1 aliphatic carbocycles. The normalized spacial score (nSPS) is 17.5. The molecule has 0 saturated heterocycles. The minimum atomic E-state index is 0.287. The molecule has 3 nitrogen and oxygen atoms in total. The summed E-state index contributed by atoms with van der Waals surface area (Å²) < 4.78 is 2.36. The fourth-order valence-electron chi connectivity index (χ4n) is 2.96. The average molecular weight is 308 g/mol. The van der Waals surface area contributed by atoms with Gasteiger partial charge in [-0.25, -0.2) is 0 Å². The molecule has 106 valence electrons. The molecule has 1 aliphatic rings. The summed E-state index contributed by atoms with van der Waals surface area (Å²) in [5, 5.41) is 8.82. The Kier molecular flexibility index (Phi) is 4.03. The lowest BCUT2D eigenvalue weighted by Crippen LogP contribution is -2.27. The van der Waals surface area contributed by atoms with Gasteiger partial charge in [-0.15, -0.1) is 10.2 Å². The van der Waals surface area contributed by atoms with E-state index in [4.69, 9.17) is 11.6 Å². The zero-order valence-electron chi connectivity index (χ0n) is 11.6. The van der Waals surface area contributed by atoms with Gasteiger partial charge in [0.15, 0.2) is 5.82 Å². The third-order valence-electron chi connectivity index (χ3n) is 4.13. The fourth-order valence-corrected chi connectivity index (χ4v) is 4.09. The third kappa shape index (κ3) is 2.59. The van der Waals surface area contributed by atoms with Gasteiger partial charge in [0.05, 0.1) is 0 Å². The molecule has 5 heteroatoms. The van der Waals surface area contributed by atoms with Crippen LogP contribution in [-0.2, 0) is 6.54 Å². The number of hydrogen-bond acceptors (Lipinski definition) is 3. The van der Waals surface area contributed by atoms with E-state index in [1.807, 2.05) is 30.0 Å². The maximum absolute atomic E-state index is 6.27. The summed E-state index contributed by atoms with van der Waals surface area (Å²) in [6, 6.07) is 10.1. The van der Waals surface area contributed by atoms with Gasteiger partial charge in [-0.2, -0.15) is 11.8 Å². The first-order valence-electron chi connectivity index (χ1n) is 6.93. The van der Waals surface area contributed by atoms with E-state index < -0.39 is 0 Å². The van der Waals surface area contributed by atoms with Crippen molar-refractivity contribution in [3.8, 4) is 11.4 Å². The van der Waals surface area contributed by atoms with E-state index in [2.05, 4.69) is 33.2 Å². The monoisotopic (exact) mass is 307 g/mol. The Balaban J connectivity index is 1.96. The standard InChI is InChI=1S/C15H18ClN3S/c1-20-15(9-5-6-10-15)11-19-13(17-18-14(19)16)12-7-3-2-4-8-12/h2-4,7-8H,5-6,9-11H2,1H3. The second-order valence-electron chi connectivity index (χ2n) is 5.34. The number of rotatable bonds is 4. The topological polar surface area (TPSA) is 30.7 Å². The van der Waals surface area contributed by atoms with Crippen molar-refractivity contribution in [3.05, 3.63) is 35.6 Å². The largest absolute Gasteiger partial charge is 0.296 e. The highest BCUT2D eigenvalue weighted by Crippen LogP contribution is 2.42. The molecule has 1 aromatic carbocycles. The van der Waals surface area contributed by atoms with Crippen molar-refractivity contribution in [2.75, 3.05) is 6.26 Å². The number of nitrogens with zero attached hydrogens (tertiary/aromatic N) is 3. The van der Waals surface area contributed by atoms with Crippen LogP contribution < -0.4 is 0 Å². The second kappa shape index (κ2) is 5.78. The molecular weight excluding hydrogens is 290 g/mol. The Labute approximate surface area is 128 Å². The van der Waals surface area contributed by atoms with Crippen LogP contribution in [0.2, 0.25) is 5.28 Å². The van der Waals surface area contributed by atoms with E-state index in [0.29, 0.717) is 5.28 Å². The van der Waals surface area contributed by atoms with E-state index in [0.717, 1.165) is 17.9 Å². The Hall–Kier alpha value is -1.00. The van der Waals surface area contributed by atoms with Crippen molar-refractivity contribution in [2.45, 2.75) is 37.0 Å². The minimum absolute atomic E-state index is 0.287. The van der Waals surface area contributed by atoms with Crippen LogP contribution in [0.5, 0.6) is 0 Å². The zero-order chi connectivity index (χ0) is 14.0. The Morgan fingerprint density at radius 3 is 2.55 bits per heavy atom. The maximum Gasteiger partial charge on any atom is 0.225 e. The predicted molar refractivity (Wildman–Crippen MR) is 85.2 cm³/mol. The van der Waals surface area contributed by atoms with E-state index in [1.54, 1.807) is 0 Å². The van der Waals surface area contributed by atoms with Crippen LogP contribution in [0.15, 0.2) is 30.3 Å². The van der Waals surface area contributed by atoms with E-state index in [1.165, 1.54) is 25.7 Å². The lowest BCUT2D eigenvalue weighted by atomic mass is 10.1. The van der Waals surface area contributed by atoms with E-state index in [-0.39, 0.29) is 4.75 Å². The maximum atomic E-state index is 6.27.